The van der Waals surface area contributed by atoms with Gasteiger partial charge in [-0.3, -0.25) is 14.4 Å². The third kappa shape index (κ3) is 59.6. The largest absolute Gasteiger partial charge is 0.462 e. The molecule has 0 aromatic rings. The molecule has 0 saturated carbocycles. The molecule has 422 valence electrons. The Hall–Kier alpha value is -3.15. The maximum atomic E-state index is 12.9. The molecule has 0 radical (unpaired) electrons. The van der Waals surface area contributed by atoms with E-state index < -0.39 is 6.10 Å². The van der Waals surface area contributed by atoms with Gasteiger partial charge >= 0.3 is 17.9 Å². The lowest BCUT2D eigenvalue weighted by molar-refractivity contribution is -0.167. The van der Waals surface area contributed by atoms with E-state index in [9.17, 15) is 14.4 Å². The van der Waals surface area contributed by atoms with Crippen molar-refractivity contribution in [1.82, 2.24) is 0 Å². The molecule has 1 unspecified atom stereocenters. The summed E-state index contributed by atoms with van der Waals surface area (Å²) in [5, 5.41) is 0. The molecule has 0 amide bonds. The van der Waals surface area contributed by atoms with Crippen molar-refractivity contribution >= 4 is 17.9 Å². The fourth-order valence-corrected chi connectivity index (χ4v) is 8.89. The van der Waals surface area contributed by atoms with Gasteiger partial charge in [0.15, 0.2) is 6.10 Å². The maximum Gasteiger partial charge on any atom is 0.306 e. The van der Waals surface area contributed by atoms with Crippen LogP contribution in [0, 0.1) is 0 Å². The van der Waals surface area contributed by atoms with Crippen LogP contribution >= 0.6 is 0 Å². The van der Waals surface area contributed by atoms with E-state index in [4.69, 9.17) is 14.2 Å². The van der Waals surface area contributed by atoms with Crippen molar-refractivity contribution in [2.24, 2.45) is 0 Å². The van der Waals surface area contributed by atoms with E-state index in [1.54, 1.807) is 0 Å². The topological polar surface area (TPSA) is 78.9 Å². The van der Waals surface area contributed by atoms with Crippen LogP contribution in [0.4, 0.5) is 0 Å². The number of hydrogen-bond donors (Lipinski definition) is 0. The highest BCUT2D eigenvalue weighted by Gasteiger charge is 2.19. The number of ether oxygens (including phenoxy) is 3. The summed E-state index contributed by atoms with van der Waals surface area (Å²) in [6, 6.07) is 0. The first-order chi connectivity index (χ1) is 36.0. The molecule has 0 spiro atoms. The Bertz CT molecular complexity index is 1360. The monoisotopic (exact) mass is 1020 g/mol. The number of esters is 3. The zero-order valence-electron chi connectivity index (χ0n) is 48.4. The molecule has 0 bridgehead atoms. The van der Waals surface area contributed by atoms with Gasteiger partial charge in [0.05, 0.1) is 0 Å². The number of rotatable bonds is 57. The van der Waals surface area contributed by atoms with E-state index in [2.05, 4.69) is 93.7 Å². The van der Waals surface area contributed by atoms with Crippen molar-refractivity contribution in [2.45, 2.75) is 322 Å². The van der Waals surface area contributed by atoms with E-state index in [1.807, 2.05) is 0 Å². The second kappa shape index (κ2) is 61.4. The fourth-order valence-electron chi connectivity index (χ4n) is 8.89. The van der Waals surface area contributed by atoms with Crippen molar-refractivity contribution in [2.75, 3.05) is 13.2 Å². The SMILES string of the molecule is CCCCC/C=C\C/C=C\CCCCCCCC(=O)OC(COC(=O)CCCCCCC/C=C\CCCCCC)COC(=O)CCCCCCCCCCCCCC/C=C\C/C=C\C/C=C\CCCCCCC. The summed E-state index contributed by atoms with van der Waals surface area (Å²) in [6.45, 7) is 6.59. The molecule has 6 heteroatoms. The Labute approximate surface area is 453 Å². The molecule has 1 atom stereocenters. The zero-order valence-corrected chi connectivity index (χ0v) is 48.4. The van der Waals surface area contributed by atoms with Crippen LogP contribution in [0.5, 0.6) is 0 Å². The van der Waals surface area contributed by atoms with E-state index in [0.717, 1.165) is 103 Å². The van der Waals surface area contributed by atoms with Crippen molar-refractivity contribution in [3.05, 3.63) is 72.9 Å². The van der Waals surface area contributed by atoms with Crippen LogP contribution in [-0.2, 0) is 28.6 Å². The quantitative estimate of drug-likeness (QED) is 0.0261. The normalized spacial score (nSPS) is 12.5. The lowest BCUT2D eigenvalue weighted by Crippen LogP contribution is -2.30. The highest BCUT2D eigenvalue weighted by Crippen LogP contribution is 2.16. The fraction of sp³-hybridized carbons (Fsp3) is 0.776. The molecular weight excluding hydrogens is 901 g/mol. The smallest absolute Gasteiger partial charge is 0.306 e. The Morgan fingerprint density at radius 3 is 0.822 bits per heavy atom. The minimum atomic E-state index is -0.787. The average Bonchev–Trinajstić information content (AvgIpc) is 3.39. The van der Waals surface area contributed by atoms with Gasteiger partial charge in [0.2, 0.25) is 0 Å². The molecule has 0 aromatic heterocycles. The number of allylic oxidation sites excluding steroid dienone is 12. The van der Waals surface area contributed by atoms with Gasteiger partial charge in [-0.25, -0.2) is 0 Å². The van der Waals surface area contributed by atoms with Crippen LogP contribution in [0.1, 0.15) is 316 Å². The summed E-state index contributed by atoms with van der Waals surface area (Å²) >= 11 is 0. The van der Waals surface area contributed by atoms with Crippen LogP contribution in [-0.4, -0.2) is 37.2 Å². The predicted molar refractivity (Wildman–Crippen MR) is 316 cm³/mol. The first-order valence-corrected chi connectivity index (χ1v) is 31.4. The Morgan fingerprint density at radius 1 is 0.274 bits per heavy atom. The summed E-state index contributed by atoms with van der Waals surface area (Å²) < 4.78 is 16.9. The van der Waals surface area contributed by atoms with Gasteiger partial charge in [-0.1, -0.05) is 254 Å². The summed E-state index contributed by atoms with van der Waals surface area (Å²) in [7, 11) is 0. The van der Waals surface area contributed by atoms with Gasteiger partial charge in [-0.15, -0.1) is 0 Å². The highest BCUT2D eigenvalue weighted by atomic mass is 16.6. The highest BCUT2D eigenvalue weighted by molar-refractivity contribution is 5.71. The van der Waals surface area contributed by atoms with Crippen LogP contribution < -0.4 is 0 Å². The molecule has 0 saturated heterocycles. The summed E-state index contributed by atoms with van der Waals surface area (Å²) in [6.07, 6.45) is 79.0. The number of carbonyl (C=O) groups is 3. The molecule has 0 N–H and O–H groups in total. The summed E-state index contributed by atoms with van der Waals surface area (Å²) in [5.41, 5.74) is 0. The van der Waals surface area contributed by atoms with Crippen molar-refractivity contribution in [1.29, 1.82) is 0 Å². The minimum Gasteiger partial charge on any atom is -0.462 e. The molecule has 0 heterocycles. The number of carbonyl (C=O) groups excluding carboxylic acids is 3. The second-order valence-electron chi connectivity index (χ2n) is 21.0. The van der Waals surface area contributed by atoms with Crippen molar-refractivity contribution < 1.29 is 28.6 Å². The van der Waals surface area contributed by atoms with E-state index in [-0.39, 0.29) is 31.1 Å². The van der Waals surface area contributed by atoms with Crippen LogP contribution in [0.15, 0.2) is 72.9 Å². The Balaban J connectivity index is 4.27. The van der Waals surface area contributed by atoms with Crippen LogP contribution in [0.25, 0.3) is 0 Å². The zero-order chi connectivity index (χ0) is 52.9. The average molecular weight is 1020 g/mol. The predicted octanol–water partition coefficient (Wildman–Crippen LogP) is 21.3. The van der Waals surface area contributed by atoms with Gasteiger partial charge in [0.1, 0.15) is 13.2 Å². The Kier molecular flexibility index (Phi) is 58.7. The van der Waals surface area contributed by atoms with Crippen LogP contribution in [0.2, 0.25) is 0 Å². The lowest BCUT2D eigenvalue weighted by atomic mass is 10.0. The molecule has 0 aliphatic rings. The first kappa shape index (κ1) is 69.8. The van der Waals surface area contributed by atoms with Crippen molar-refractivity contribution in [3.8, 4) is 0 Å². The molecule has 0 aliphatic carbocycles. The summed E-state index contributed by atoms with van der Waals surface area (Å²) in [4.78, 5) is 38.2. The number of hydrogen-bond acceptors (Lipinski definition) is 6. The van der Waals surface area contributed by atoms with E-state index in [1.165, 1.54) is 173 Å². The minimum absolute atomic E-state index is 0.0834. The van der Waals surface area contributed by atoms with E-state index in [0.29, 0.717) is 19.3 Å². The van der Waals surface area contributed by atoms with Crippen molar-refractivity contribution in [3.63, 3.8) is 0 Å². The molecule has 0 aliphatic heterocycles. The lowest BCUT2D eigenvalue weighted by Gasteiger charge is -2.18. The Morgan fingerprint density at radius 2 is 0.493 bits per heavy atom. The molecule has 73 heavy (non-hydrogen) atoms. The van der Waals surface area contributed by atoms with Gasteiger partial charge in [0.25, 0.3) is 0 Å². The molecule has 0 fully saturated rings. The summed E-state index contributed by atoms with van der Waals surface area (Å²) in [5.74, 6) is -0.897. The molecule has 6 nitrogen and oxygen atoms in total. The maximum absolute atomic E-state index is 12.9. The van der Waals surface area contributed by atoms with Gasteiger partial charge < -0.3 is 14.2 Å². The third-order valence-electron chi connectivity index (χ3n) is 13.7. The third-order valence-corrected chi connectivity index (χ3v) is 13.7. The molecule has 0 rings (SSSR count). The van der Waals surface area contributed by atoms with E-state index >= 15 is 0 Å². The van der Waals surface area contributed by atoms with Gasteiger partial charge in [0, 0.05) is 19.3 Å². The number of unbranched alkanes of at least 4 members (excludes halogenated alkanes) is 34. The molecular formula is C67H118O6. The van der Waals surface area contributed by atoms with Gasteiger partial charge in [-0.2, -0.15) is 0 Å². The van der Waals surface area contributed by atoms with Crippen LogP contribution in [0.3, 0.4) is 0 Å². The second-order valence-corrected chi connectivity index (χ2v) is 21.0. The molecule has 0 aromatic carbocycles. The standard InChI is InChI=1S/C67H118O6/c1-4-7-10-13-16-19-22-25-27-28-29-30-31-32-33-34-35-36-37-38-40-42-45-48-51-54-57-60-66(69)72-63-64(62-71-65(68)59-56-53-50-47-44-41-24-21-18-15-12-9-6-3)73-67(70)61-58-55-52-49-46-43-39-26-23-20-17-14-11-8-5-2/h17,20-22,24-26,28-29,31-32,39,64H,4-16,18-19,23,27,30,33-38,40-63H2,1-3H3/b20-17-,24-21-,25-22-,29-28-,32-31-,39-26-. The first-order valence-electron chi connectivity index (χ1n) is 31.4. The van der Waals surface area contributed by atoms with Gasteiger partial charge in [-0.05, 0) is 116 Å².